The normalized spacial score (nSPS) is 12.8. The Balaban J connectivity index is 2.99. The molecule has 0 aliphatic carbocycles. The van der Waals surface area contributed by atoms with Gasteiger partial charge in [0.25, 0.3) is 0 Å². The van der Waals surface area contributed by atoms with Crippen LogP contribution in [0.5, 0.6) is 0 Å². The Labute approximate surface area is 88.9 Å². The fraction of sp³-hybridized carbons (Fsp3) is 0.333. The fourth-order valence-electron chi connectivity index (χ4n) is 0.990. The van der Waals surface area contributed by atoms with Crippen LogP contribution < -0.4 is 0 Å². The van der Waals surface area contributed by atoms with Crippen molar-refractivity contribution in [3.05, 3.63) is 28.2 Å². The summed E-state index contributed by atoms with van der Waals surface area (Å²) in [5.74, 6) is 0.247. The third kappa shape index (κ3) is 2.90. The zero-order valence-corrected chi connectivity index (χ0v) is 9.94. The molecule has 0 amide bonds. The summed E-state index contributed by atoms with van der Waals surface area (Å²) in [6.07, 6.45) is 0. The van der Waals surface area contributed by atoms with Gasteiger partial charge in [-0.15, -0.1) is 0 Å². The van der Waals surface area contributed by atoms with Gasteiger partial charge in [0.2, 0.25) is 0 Å². The summed E-state index contributed by atoms with van der Waals surface area (Å²) in [5.41, 5.74) is 1.03. The van der Waals surface area contributed by atoms with Crippen LogP contribution in [-0.2, 0) is 15.5 Å². The minimum atomic E-state index is -1.06. The van der Waals surface area contributed by atoms with E-state index < -0.39 is 10.8 Å². The Hall–Kier alpha value is -0.190. The van der Waals surface area contributed by atoms with Crippen LogP contribution in [-0.4, -0.2) is 17.3 Å². The standard InChI is InChI=1S/C9H11BrO2S/c1-7-3-4-8(10)5-9(7)13(11)6-12-2/h3-5H,6H2,1-2H3. The lowest BCUT2D eigenvalue weighted by Crippen LogP contribution is -2.01. The first-order valence-corrected chi connectivity index (χ1v) is 5.90. The highest BCUT2D eigenvalue weighted by molar-refractivity contribution is 9.10. The molecule has 4 heteroatoms. The van der Waals surface area contributed by atoms with E-state index >= 15 is 0 Å². The molecule has 0 bridgehead atoms. The molecule has 1 aromatic carbocycles. The van der Waals surface area contributed by atoms with Crippen molar-refractivity contribution < 1.29 is 8.95 Å². The number of methoxy groups -OCH3 is 1. The molecule has 2 nitrogen and oxygen atoms in total. The molecule has 1 atom stereocenters. The molecule has 0 fully saturated rings. The molecule has 0 N–H and O–H groups in total. The van der Waals surface area contributed by atoms with E-state index in [9.17, 15) is 4.21 Å². The van der Waals surface area contributed by atoms with Gasteiger partial charge in [-0.3, -0.25) is 4.21 Å². The Morgan fingerprint density at radius 3 is 2.85 bits per heavy atom. The first-order chi connectivity index (χ1) is 6.15. The smallest absolute Gasteiger partial charge is 0.126 e. The summed E-state index contributed by atoms with van der Waals surface area (Å²) < 4.78 is 17.4. The number of aryl methyl sites for hydroxylation is 1. The molecule has 72 valence electrons. The Kier molecular flexibility index (Phi) is 4.09. The molecular formula is C9H11BrO2S. The third-order valence-corrected chi connectivity index (χ3v) is 3.49. The van der Waals surface area contributed by atoms with Gasteiger partial charge in [0, 0.05) is 16.5 Å². The fourth-order valence-corrected chi connectivity index (χ4v) is 2.53. The van der Waals surface area contributed by atoms with Crippen molar-refractivity contribution in [3.8, 4) is 0 Å². The zero-order valence-electron chi connectivity index (χ0n) is 7.54. The number of benzene rings is 1. The third-order valence-electron chi connectivity index (χ3n) is 1.62. The van der Waals surface area contributed by atoms with Crippen molar-refractivity contribution in [2.24, 2.45) is 0 Å². The Morgan fingerprint density at radius 1 is 1.54 bits per heavy atom. The summed E-state index contributed by atoms with van der Waals surface area (Å²) in [5, 5.41) is 0. The van der Waals surface area contributed by atoms with E-state index in [0.717, 1.165) is 14.9 Å². The molecule has 1 aromatic rings. The Bertz CT molecular complexity index is 325. The van der Waals surface area contributed by atoms with Crippen molar-refractivity contribution in [1.29, 1.82) is 0 Å². The van der Waals surface area contributed by atoms with Crippen molar-refractivity contribution >= 4 is 26.7 Å². The lowest BCUT2D eigenvalue weighted by molar-refractivity contribution is 0.254. The van der Waals surface area contributed by atoms with Gasteiger partial charge in [-0.05, 0) is 24.6 Å². The molecule has 0 spiro atoms. The predicted octanol–water partition coefficient (Wildman–Crippen LogP) is 2.47. The van der Waals surface area contributed by atoms with E-state index in [0.29, 0.717) is 0 Å². The minimum Gasteiger partial charge on any atom is -0.371 e. The molecule has 0 aromatic heterocycles. The van der Waals surface area contributed by atoms with Crippen LogP contribution >= 0.6 is 15.9 Å². The van der Waals surface area contributed by atoms with Crippen LogP contribution in [0.4, 0.5) is 0 Å². The summed E-state index contributed by atoms with van der Waals surface area (Å²) >= 11 is 3.34. The topological polar surface area (TPSA) is 26.3 Å². The molecule has 13 heavy (non-hydrogen) atoms. The number of rotatable bonds is 3. The van der Waals surface area contributed by atoms with Crippen molar-refractivity contribution in [3.63, 3.8) is 0 Å². The molecule has 0 saturated heterocycles. The van der Waals surface area contributed by atoms with E-state index in [-0.39, 0.29) is 5.94 Å². The average Bonchev–Trinajstić information content (AvgIpc) is 2.09. The Morgan fingerprint density at radius 2 is 2.23 bits per heavy atom. The maximum Gasteiger partial charge on any atom is 0.126 e. The number of halogens is 1. The van der Waals surface area contributed by atoms with Gasteiger partial charge >= 0.3 is 0 Å². The molecule has 0 saturated carbocycles. The second-order valence-electron chi connectivity index (χ2n) is 2.66. The maximum atomic E-state index is 11.6. The largest absolute Gasteiger partial charge is 0.371 e. The van der Waals surface area contributed by atoms with E-state index in [1.807, 2.05) is 25.1 Å². The van der Waals surface area contributed by atoms with Crippen LogP contribution in [0, 0.1) is 6.92 Å². The van der Waals surface area contributed by atoms with Crippen LogP contribution in [0.1, 0.15) is 5.56 Å². The first kappa shape index (κ1) is 10.9. The molecule has 0 heterocycles. The molecule has 0 aliphatic rings. The van der Waals surface area contributed by atoms with Gasteiger partial charge in [0.05, 0.1) is 10.8 Å². The predicted molar refractivity (Wildman–Crippen MR) is 57.2 cm³/mol. The summed E-state index contributed by atoms with van der Waals surface area (Å²) in [6, 6.07) is 5.74. The van der Waals surface area contributed by atoms with E-state index in [1.54, 1.807) is 7.11 Å². The van der Waals surface area contributed by atoms with Crippen molar-refractivity contribution in [2.45, 2.75) is 11.8 Å². The van der Waals surface area contributed by atoms with Gasteiger partial charge < -0.3 is 4.74 Å². The van der Waals surface area contributed by atoms with Gasteiger partial charge in [-0.1, -0.05) is 22.0 Å². The van der Waals surface area contributed by atoms with Crippen LogP contribution in [0.2, 0.25) is 0 Å². The molecule has 0 radical (unpaired) electrons. The molecule has 1 rings (SSSR count). The van der Waals surface area contributed by atoms with E-state index in [1.165, 1.54) is 0 Å². The SMILES string of the molecule is COCS(=O)c1cc(Br)ccc1C. The monoisotopic (exact) mass is 262 g/mol. The second kappa shape index (κ2) is 4.88. The highest BCUT2D eigenvalue weighted by Gasteiger charge is 2.06. The average molecular weight is 263 g/mol. The van der Waals surface area contributed by atoms with E-state index in [2.05, 4.69) is 15.9 Å². The van der Waals surface area contributed by atoms with Crippen molar-refractivity contribution in [2.75, 3.05) is 13.0 Å². The molecule has 0 aliphatic heterocycles. The molecule has 1 unspecified atom stereocenters. The summed E-state index contributed by atoms with van der Waals surface area (Å²) in [6.45, 7) is 1.94. The molecular weight excluding hydrogens is 252 g/mol. The van der Waals surface area contributed by atoms with Crippen LogP contribution in [0.25, 0.3) is 0 Å². The first-order valence-electron chi connectivity index (χ1n) is 3.78. The van der Waals surface area contributed by atoms with E-state index in [4.69, 9.17) is 4.74 Å². The number of hydrogen-bond acceptors (Lipinski definition) is 2. The highest BCUT2D eigenvalue weighted by Crippen LogP contribution is 2.19. The number of hydrogen-bond donors (Lipinski definition) is 0. The zero-order chi connectivity index (χ0) is 9.84. The summed E-state index contributed by atoms with van der Waals surface area (Å²) in [7, 11) is 0.489. The van der Waals surface area contributed by atoms with Crippen LogP contribution in [0.15, 0.2) is 27.6 Å². The minimum absolute atomic E-state index is 0.247. The van der Waals surface area contributed by atoms with Gasteiger partial charge in [-0.2, -0.15) is 0 Å². The second-order valence-corrected chi connectivity index (χ2v) is 4.94. The summed E-state index contributed by atoms with van der Waals surface area (Å²) in [4.78, 5) is 0.830. The van der Waals surface area contributed by atoms with Gasteiger partial charge in [0.15, 0.2) is 0 Å². The maximum absolute atomic E-state index is 11.6. The quantitative estimate of drug-likeness (QED) is 0.837. The lowest BCUT2D eigenvalue weighted by Gasteiger charge is -2.05. The highest BCUT2D eigenvalue weighted by atomic mass is 79.9. The van der Waals surface area contributed by atoms with Crippen LogP contribution in [0.3, 0.4) is 0 Å². The lowest BCUT2D eigenvalue weighted by atomic mass is 10.2. The van der Waals surface area contributed by atoms with Gasteiger partial charge in [0.1, 0.15) is 5.94 Å². The van der Waals surface area contributed by atoms with Gasteiger partial charge in [-0.25, -0.2) is 0 Å². The van der Waals surface area contributed by atoms with Crippen molar-refractivity contribution in [1.82, 2.24) is 0 Å². The number of ether oxygens (including phenoxy) is 1.